The zero-order chi connectivity index (χ0) is 22.7. The topological polar surface area (TPSA) is 90.9 Å². The minimum atomic E-state index is -0.791. The van der Waals surface area contributed by atoms with Gasteiger partial charge in [0.1, 0.15) is 23.1 Å². The third kappa shape index (κ3) is 3.93. The maximum atomic E-state index is 13.4. The van der Waals surface area contributed by atoms with Crippen LogP contribution in [0.4, 0.5) is 11.5 Å². The number of rotatable bonds is 4. The van der Waals surface area contributed by atoms with Gasteiger partial charge < -0.3 is 14.5 Å². The van der Waals surface area contributed by atoms with Crippen LogP contribution in [-0.4, -0.2) is 48.6 Å². The van der Waals surface area contributed by atoms with E-state index < -0.39 is 5.97 Å². The van der Waals surface area contributed by atoms with E-state index in [9.17, 15) is 14.9 Å². The number of anilines is 2. The van der Waals surface area contributed by atoms with Crippen LogP contribution in [-0.2, 0) is 9.53 Å². The average Bonchev–Trinajstić information content (AvgIpc) is 2.84. The fourth-order valence-electron chi connectivity index (χ4n) is 3.87. The Labute approximate surface area is 185 Å². The van der Waals surface area contributed by atoms with Crippen molar-refractivity contribution in [3.63, 3.8) is 0 Å². The van der Waals surface area contributed by atoms with E-state index in [4.69, 9.17) is 9.72 Å². The molecule has 4 rings (SSSR count). The number of fused-ring (bicyclic) bond motifs is 1. The van der Waals surface area contributed by atoms with Crippen molar-refractivity contribution in [1.29, 1.82) is 5.26 Å². The number of aromatic nitrogens is 2. The molecule has 0 aliphatic carbocycles. The van der Waals surface area contributed by atoms with E-state index in [1.165, 1.54) is 17.6 Å². The molecule has 0 saturated carbocycles. The van der Waals surface area contributed by atoms with Crippen molar-refractivity contribution in [2.45, 2.75) is 6.92 Å². The summed E-state index contributed by atoms with van der Waals surface area (Å²) in [5.74, 6) is -0.324. The number of pyridine rings is 1. The van der Waals surface area contributed by atoms with Crippen LogP contribution < -0.4 is 15.4 Å². The number of aryl methyl sites for hydroxylation is 1. The first-order chi connectivity index (χ1) is 15.5. The monoisotopic (exact) mass is 429 g/mol. The van der Waals surface area contributed by atoms with E-state index in [1.54, 1.807) is 12.3 Å². The van der Waals surface area contributed by atoms with Gasteiger partial charge >= 0.3 is 5.97 Å². The second-order valence-corrected chi connectivity index (χ2v) is 7.51. The highest BCUT2D eigenvalue weighted by Crippen LogP contribution is 2.24. The molecule has 32 heavy (non-hydrogen) atoms. The molecule has 8 heteroatoms. The summed E-state index contributed by atoms with van der Waals surface area (Å²) in [6.07, 6.45) is 2.92. The van der Waals surface area contributed by atoms with Crippen molar-refractivity contribution in [3.05, 3.63) is 75.7 Å². The lowest BCUT2D eigenvalue weighted by atomic mass is 10.1. The Bertz CT molecular complexity index is 1280. The molecule has 3 aromatic rings. The number of nitrogens with zero attached hydrogens (tertiary/aromatic N) is 5. The molecule has 1 aliphatic heterocycles. The highest BCUT2D eigenvalue weighted by atomic mass is 16.5. The van der Waals surface area contributed by atoms with Crippen LogP contribution in [0.1, 0.15) is 11.1 Å². The van der Waals surface area contributed by atoms with Gasteiger partial charge in [-0.2, -0.15) is 5.26 Å². The lowest BCUT2D eigenvalue weighted by Crippen LogP contribution is -2.47. The maximum Gasteiger partial charge on any atom is 0.348 e. The summed E-state index contributed by atoms with van der Waals surface area (Å²) in [6, 6.07) is 15.6. The zero-order valence-electron chi connectivity index (χ0n) is 18.0. The van der Waals surface area contributed by atoms with Crippen molar-refractivity contribution in [2.24, 2.45) is 0 Å². The van der Waals surface area contributed by atoms with Crippen molar-refractivity contribution >= 4 is 29.2 Å². The molecule has 8 nitrogen and oxygen atoms in total. The molecule has 162 valence electrons. The number of carbonyl (C=O) groups excluding carboxylic acids is 1. The van der Waals surface area contributed by atoms with Crippen LogP contribution in [0.2, 0.25) is 0 Å². The molecule has 0 radical (unpaired) electrons. The first kappa shape index (κ1) is 21.1. The van der Waals surface area contributed by atoms with Crippen molar-refractivity contribution < 1.29 is 9.53 Å². The normalized spacial score (nSPS) is 14.3. The smallest absolute Gasteiger partial charge is 0.348 e. The zero-order valence-corrected chi connectivity index (χ0v) is 18.0. The third-order valence-corrected chi connectivity index (χ3v) is 5.58. The number of hydrogen-bond acceptors (Lipinski definition) is 7. The first-order valence-corrected chi connectivity index (χ1v) is 10.3. The number of piperazine rings is 1. The predicted molar refractivity (Wildman–Crippen MR) is 123 cm³/mol. The second-order valence-electron chi connectivity index (χ2n) is 7.51. The molecular weight excluding hydrogens is 406 g/mol. The molecule has 3 heterocycles. The number of methoxy groups -OCH3 is 1. The molecule has 0 unspecified atom stereocenters. The van der Waals surface area contributed by atoms with Crippen LogP contribution >= 0.6 is 0 Å². The van der Waals surface area contributed by atoms with Crippen LogP contribution in [0.3, 0.4) is 0 Å². The molecule has 1 saturated heterocycles. The van der Waals surface area contributed by atoms with Crippen LogP contribution in [0.25, 0.3) is 11.7 Å². The van der Waals surface area contributed by atoms with E-state index in [0.717, 1.165) is 24.3 Å². The Balaban J connectivity index is 1.79. The van der Waals surface area contributed by atoms with E-state index in [1.807, 2.05) is 42.2 Å². The Morgan fingerprint density at radius 1 is 1.09 bits per heavy atom. The first-order valence-electron chi connectivity index (χ1n) is 10.3. The molecule has 1 aromatic carbocycles. The molecule has 1 fully saturated rings. The van der Waals surface area contributed by atoms with Gasteiger partial charge in [0.2, 0.25) is 0 Å². The fraction of sp³-hybridized carbons (Fsp3) is 0.250. The van der Waals surface area contributed by atoms with Gasteiger partial charge in [-0.15, -0.1) is 0 Å². The van der Waals surface area contributed by atoms with Gasteiger partial charge in [0, 0.05) is 38.1 Å². The summed E-state index contributed by atoms with van der Waals surface area (Å²) in [5.41, 5.74) is 2.17. The highest BCUT2D eigenvalue weighted by molar-refractivity contribution is 5.98. The summed E-state index contributed by atoms with van der Waals surface area (Å²) >= 11 is 0. The number of esters is 1. The van der Waals surface area contributed by atoms with Crippen LogP contribution in [0.15, 0.2) is 59.0 Å². The minimum Gasteiger partial charge on any atom is -0.465 e. The minimum absolute atomic E-state index is 0.197. The number of para-hydroxylation sites is 1. The number of carbonyl (C=O) groups is 1. The van der Waals surface area contributed by atoms with Gasteiger partial charge in [-0.1, -0.05) is 24.3 Å². The van der Waals surface area contributed by atoms with E-state index in [0.29, 0.717) is 24.6 Å². The molecule has 0 amide bonds. The van der Waals surface area contributed by atoms with Gasteiger partial charge in [-0.3, -0.25) is 9.20 Å². The van der Waals surface area contributed by atoms with Gasteiger partial charge in [-0.05, 0) is 36.8 Å². The van der Waals surface area contributed by atoms with E-state index in [-0.39, 0.29) is 16.7 Å². The Hall–Kier alpha value is -4.12. The standard InChI is InChI=1S/C24H23N5O3/c1-17-7-6-10-29-21(17)26-22(20(23(29)30)15-18(16-25)24(31)32-2)28-13-11-27(12-14-28)19-8-4-3-5-9-19/h3-10,15H,11-14H2,1-2H3/b18-15+. The molecule has 1 aliphatic rings. The quantitative estimate of drug-likeness (QED) is 0.357. The molecule has 0 bridgehead atoms. The Morgan fingerprint density at radius 2 is 1.78 bits per heavy atom. The fourth-order valence-corrected chi connectivity index (χ4v) is 3.87. The molecule has 0 N–H and O–H groups in total. The molecule has 0 atom stereocenters. The van der Waals surface area contributed by atoms with Crippen molar-refractivity contribution in [1.82, 2.24) is 9.38 Å². The van der Waals surface area contributed by atoms with Gasteiger partial charge in [0.05, 0.1) is 12.7 Å². The maximum absolute atomic E-state index is 13.4. The second kappa shape index (κ2) is 8.94. The third-order valence-electron chi connectivity index (χ3n) is 5.58. The van der Waals surface area contributed by atoms with Crippen LogP contribution in [0.5, 0.6) is 0 Å². The number of benzene rings is 1. The number of ether oxygens (including phenoxy) is 1. The SMILES string of the molecule is COC(=O)/C(C#N)=C/c1c(N2CCN(c3ccccc3)CC2)nc2c(C)cccn2c1=O. The molecule has 0 spiro atoms. The summed E-state index contributed by atoms with van der Waals surface area (Å²) in [4.78, 5) is 34.5. The predicted octanol–water partition coefficient (Wildman–Crippen LogP) is 2.41. The van der Waals surface area contributed by atoms with Crippen LogP contribution in [0, 0.1) is 18.3 Å². The van der Waals surface area contributed by atoms with E-state index >= 15 is 0 Å². The Kier molecular flexibility index (Phi) is 5.90. The number of hydrogen-bond donors (Lipinski definition) is 0. The summed E-state index contributed by atoms with van der Waals surface area (Å²) in [7, 11) is 1.20. The lowest BCUT2D eigenvalue weighted by molar-refractivity contribution is -0.135. The number of nitriles is 1. The van der Waals surface area contributed by atoms with Crippen molar-refractivity contribution in [2.75, 3.05) is 43.1 Å². The summed E-state index contributed by atoms with van der Waals surface area (Å²) < 4.78 is 6.13. The van der Waals surface area contributed by atoms with Crippen molar-refractivity contribution in [3.8, 4) is 6.07 Å². The summed E-state index contributed by atoms with van der Waals surface area (Å²) in [5, 5.41) is 9.43. The lowest BCUT2D eigenvalue weighted by Gasteiger charge is -2.37. The van der Waals surface area contributed by atoms with Gasteiger partial charge in [0.25, 0.3) is 5.56 Å². The average molecular weight is 429 g/mol. The Morgan fingerprint density at radius 3 is 2.44 bits per heavy atom. The van der Waals surface area contributed by atoms with E-state index in [2.05, 4.69) is 17.0 Å². The highest BCUT2D eigenvalue weighted by Gasteiger charge is 2.24. The summed E-state index contributed by atoms with van der Waals surface area (Å²) in [6.45, 7) is 4.69. The van der Waals surface area contributed by atoms with Gasteiger partial charge in [-0.25, -0.2) is 9.78 Å². The molecule has 2 aromatic heterocycles. The van der Waals surface area contributed by atoms with Gasteiger partial charge in [0.15, 0.2) is 0 Å². The largest absolute Gasteiger partial charge is 0.465 e. The molecular formula is C24H23N5O3.